The van der Waals surface area contributed by atoms with Gasteiger partial charge in [-0.1, -0.05) is 42.5 Å². The highest BCUT2D eigenvalue weighted by Crippen LogP contribution is 2.12. The van der Waals surface area contributed by atoms with Gasteiger partial charge in [-0.15, -0.1) is 0 Å². The highest BCUT2D eigenvalue weighted by Gasteiger charge is 2.24. The maximum absolute atomic E-state index is 12.5. The Labute approximate surface area is 204 Å². The quantitative estimate of drug-likeness (QED) is 0.209. The van der Waals surface area contributed by atoms with Crippen LogP contribution in [-0.4, -0.2) is 74.5 Å². The first-order valence-electron chi connectivity index (χ1n) is 11.5. The molecule has 192 valence electrons. The van der Waals surface area contributed by atoms with Crippen LogP contribution in [0.1, 0.15) is 24.8 Å². The molecular weight excluding hydrogens is 458 g/mol. The number of aliphatic hydroxyl groups excluding tert-OH is 1. The Bertz CT molecular complexity index is 846. The third-order valence-corrected chi connectivity index (χ3v) is 5.00. The molecule has 0 fully saturated rings. The van der Waals surface area contributed by atoms with Crippen molar-refractivity contribution in [2.75, 3.05) is 39.5 Å². The zero-order valence-corrected chi connectivity index (χ0v) is 19.6. The largest absolute Gasteiger partial charge is 0.462 e. The SMILES string of the molecule is O=C(CC1CC=CCC(NC(=O)OCc2ccccc2)C(=O)OCCNC1=O)NCCOCCO. The number of hydrogen-bond donors (Lipinski definition) is 4. The van der Waals surface area contributed by atoms with E-state index in [1.54, 1.807) is 12.2 Å². The first-order chi connectivity index (χ1) is 17.0. The van der Waals surface area contributed by atoms with E-state index in [2.05, 4.69) is 16.0 Å². The van der Waals surface area contributed by atoms with Gasteiger partial charge in [0.25, 0.3) is 0 Å². The number of amides is 3. The number of benzene rings is 1. The molecule has 0 aromatic heterocycles. The number of allylic oxidation sites excluding steroid dienone is 1. The Morgan fingerprint density at radius 2 is 1.89 bits per heavy atom. The number of alkyl carbamates (subject to hydrolysis) is 1. The van der Waals surface area contributed by atoms with Crippen molar-refractivity contribution in [3.8, 4) is 0 Å². The third kappa shape index (κ3) is 11.5. The fraction of sp³-hybridized carbons (Fsp3) is 0.500. The van der Waals surface area contributed by atoms with E-state index >= 15 is 0 Å². The van der Waals surface area contributed by atoms with Gasteiger partial charge in [0, 0.05) is 13.0 Å². The number of nitrogens with one attached hydrogen (secondary N) is 3. The van der Waals surface area contributed by atoms with Crippen molar-refractivity contribution in [2.24, 2.45) is 5.92 Å². The van der Waals surface area contributed by atoms with Gasteiger partial charge < -0.3 is 35.3 Å². The van der Waals surface area contributed by atoms with Crippen LogP contribution in [0.15, 0.2) is 42.5 Å². The summed E-state index contributed by atoms with van der Waals surface area (Å²) in [4.78, 5) is 49.2. The predicted molar refractivity (Wildman–Crippen MR) is 125 cm³/mol. The van der Waals surface area contributed by atoms with Crippen molar-refractivity contribution in [2.45, 2.75) is 31.9 Å². The first-order valence-corrected chi connectivity index (χ1v) is 11.5. The zero-order chi connectivity index (χ0) is 25.3. The normalized spacial score (nSPS) is 18.9. The number of hydrogen-bond acceptors (Lipinski definition) is 8. The Morgan fingerprint density at radius 3 is 2.66 bits per heavy atom. The molecular formula is C24H33N3O8. The molecule has 2 unspecified atom stereocenters. The average Bonchev–Trinajstić information content (AvgIpc) is 2.86. The van der Waals surface area contributed by atoms with Gasteiger partial charge in [0.2, 0.25) is 11.8 Å². The summed E-state index contributed by atoms with van der Waals surface area (Å²) in [5.41, 5.74) is 0.812. The molecule has 0 saturated heterocycles. The van der Waals surface area contributed by atoms with Crippen molar-refractivity contribution in [1.82, 2.24) is 16.0 Å². The predicted octanol–water partition coefficient (Wildman–Crippen LogP) is 0.422. The maximum atomic E-state index is 12.5. The van der Waals surface area contributed by atoms with Crippen LogP contribution in [0.25, 0.3) is 0 Å². The lowest BCUT2D eigenvalue weighted by Gasteiger charge is -2.19. The van der Waals surface area contributed by atoms with Crippen molar-refractivity contribution in [3.05, 3.63) is 48.0 Å². The number of rotatable bonds is 10. The monoisotopic (exact) mass is 491 g/mol. The number of esters is 1. The van der Waals surface area contributed by atoms with E-state index < -0.39 is 24.0 Å². The Hall–Kier alpha value is -3.44. The van der Waals surface area contributed by atoms with Crippen molar-refractivity contribution >= 4 is 23.9 Å². The molecule has 35 heavy (non-hydrogen) atoms. The molecule has 0 bridgehead atoms. The molecule has 1 aliphatic heterocycles. The molecule has 1 heterocycles. The van der Waals surface area contributed by atoms with Crippen molar-refractivity contribution in [3.63, 3.8) is 0 Å². The van der Waals surface area contributed by atoms with Crippen LogP contribution < -0.4 is 16.0 Å². The molecule has 0 spiro atoms. The van der Waals surface area contributed by atoms with E-state index in [1.807, 2.05) is 30.3 Å². The topological polar surface area (TPSA) is 152 Å². The molecule has 0 saturated carbocycles. The molecule has 11 heteroatoms. The highest BCUT2D eigenvalue weighted by molar-refractivity contribution is 5.86. The molecule has 0 aliphatic carbocycles. The minimum atomic E-state index is -0.953. The van der Waals surface area contributed by atoms with Gasteiger partial charge in [-0.05, 0) is 18.4 Å². The number of cyclic esters (lactones) is 1. The summed E-state index contributed by atoms with van der Waals surface area (Å²) in [5, 5.41) is 16.5. The summed E-state index contributed by atoms with van der Waals surface area (Å²) in [7, 11) is 0. The summed E-state index contributed by atoms with van der Waals surface area (Å²) >= 11 is 0. The molecule has 1 aromatic carbocycles. The molecule has 1 aromatic rings. The van der Waals surface area contributed by atoms with Gasteiger partial charge in [0.05, 0.1) is 32.3 Å². The minimum absolute atomic E-state index is 0.0244. The maximum Gasteiger partial charge on any atom is 0.408 e. The van der Waals surface area contributed by atoms with Crippen LogP contribution >= 0.6 is 0 Å². The van der Waals surface area contributed by atoms with Crippen LogP contribution in [0.3, 0.4) is 0 Å². The van der Waals surface area contributed by atoms with E-state index in [0.29, 0.717) is 0 Å². The summed E-state index contributed by atoms with van der Waals surface area (Å²) in [6, 6.07) is 8.19. The number of carbonyl (C=O) groups is 4. The van der Waals surface area contributed by atoms with Gasteiger partial charge in [-0.2, -0.15) is 0 Å². The average molecular weight is 492 g/mol. The van der Waals surface area contributed by atoms with Crippen LogP contribution in [-0.2, 0) is 35.2 Å². The minimum Gasteiger partial charge on any atom is -0.462 e. The molecule has 2 atom stereocenters. The second-order valence-electron chi connectivity index (χ2n) is 7.75. The van der Waals surface area contributed by atoms with Gasteiger partial charge >= 0.3 is 12.1 Å². The van der Waals surface area contributed by atoms with Crippen LogP contribution in [0.2, 0.25) is 0 Å². The lowest BCUT2D eigenvalue weighted by Crippen LogP contribution is -2.43. The van der Waals surface area contributed by atoms with Crippen molar-refractivity contribution in [1.29, 1.82) is 0 Å². The fourth-order valence-corrected chi connectivity index (χ4v) is 3.19. The van der Waals surface area contributed by atoms with Gasteiger partial charge in [0.1, 0.15) is 19.3 Å². The van der Waals surface area contributed by atoms with Gasteiger partial charge in [-0.25, -0.2) is 9.59 Å². The Kier molecular flexibility index (Phi) is 12.9. The fourth-order valence-electron chi connectivity index (χ4n) is 3.19. The molecule has 2 rings (SSSR count). The lowest BCUT2D eigenvalue weighted by atomic mass is 9.98. The zero-order valence-electron chi connectivity index (χ0n) is 19.6. The standard InChI is InChI=1S/C24H33N3O8/c28-12-15-33-13-10-25-21(29)16-19-8-4-5-9-20(23(31)34-14-11-26-22(19)30)27-24(32)35-17-18-6-2-1-3-7-18/h1-7,19-20,28H,8-17H2,(H,25,29)(H,26,30)(H,27,32). The van der Waals surface area contributed by atoms with E-state index in [9.17, 15) is 19.2 Å². The summed E-state index contributed by atoms with van der Waals surface area (Å²) in [5.74, 6) is -1.87. The van der Waals surface area contributed by atoms with Crippen LogP contribution in [0.4, 0.5) is 4.79 Å². The summed E-state index contributed by atoms with van der Waals surface area (Å²) in [6.07, 6.45) is 3.00. The van der Waals surface area contributed by atoms with Gasteiger partial charge in [-0.3, -0.25) is 9.59 Å². The van der Waals surface area contributed by atoms with E-state index in [4.69, 9.17) is 19.3 Å². The van der Waals surface area contributed by atoms with E-state index in [1.165, 1.54) is 0 Å². The lowest BCUT2D eigenvalue weighted by molar-refractivity contribution is -0.146. The molecule has 3 amide bonds. The second-order valence-corrected chi connectivity index (χ2v) is 7.75. The van der Waals surface area contributed by atoms with E-state index in [0.717, 1.165) is 5.56 Å². The third-order valence-electron chi connectivity index (χ3n) is 5.00. The smallest absolute Gasteiger partial charge is 0.408 e. The number of aliphatic hydroxyl groups is 1. The first kappa shape index (κ1) is 27.8. The highest BCUT2D eigenvalue weighted by atomic mass is 16.6. The summed E-state index contributed by atoms with van der Waals surface area (Å²) in [6.45, 7) is 0.691. The Morgan fingerprint density at radius 1 is 1.11 bits per heavy atom. The number of ether oxygens (including phenoxy) is 3. The molecule has 4 N–H and O–H groups in total. The summed E-state index contributed by atoms with van der Waals surface area (Å²) < 4.78 is 15.4. The Balaban J connectivity index is 1.87. The van der Waals surface area contributed by atoms with Crippen LogP contribution in [0.5, 0.6) is 0 Å². The van der Waals surface area contributed by atoms with E-state index in [-0.39, 0.29) is 77.2 Å². The molecule has 0 radical (unpaired) electrons. The van der Waals surface area contributed by atoms with Gasteiger partial charge in [0.15, 0.2) is 0 Å². The second kappa shape index (κ2) is 16.2. The van der Waals surface area contributed by atoms with Crippen molar-refractivity contribution < 1.29 is 38.5 Å². The van der Waals surface area contributed by atoms with Crippen LogP contribution in [0, 0.1) is 5.92 Å². The molecule has 11 nitrogen and oxygen atoms in total. The molecule has 1 aliphatic rings. The number of carbonyl (C=O) groups excluding carboxylic acids is 4.